The predicted octanol–water partition coefficient (Wildman–Crippen LogP) is 3.79. The van der Waals surface area contributed by atoms with E-state index in [9.17, 15) is 21.6 Å². The van der Waals surface area contributed by atoms with Crippen molar-refractivity contribution in [2.24, 2.45) is 0 Å². The van der Waals surface area contributed by atoms with Crippen molar-refractivity contribution in [2.45, 2.75) is 77.1 Å². The number of nitrogens with zero attached hydrogens (tertiary/aromatic N) is 1. The van der Waals surface area contributed by atoms with Gasteiger partial charge in [0.05, 0.1) is 11.5 Å². The van der Waals surface area contributed by atoms with Crippen molar-refractivity contribution < 1.29 is 21.6 Å². The van der Waals surface area contributed by atoms with E-state index < -0.39 is 22.4 Å². The van der Waals surface area contributed by atoms with E-state index in [1.165, 1.54) is 0 Å². The first-order valence-electron chi connectivity index (χ1n) is 7.95. The number of likely N-dealkylation sites (tertiary alicyclic amines) is 1. The second-order valence-corrected chi connectivity index (χ2v) is 9.48. The summed E-state index contributed by atoms with van der Waals surface area (Å²) in [5.74, 6) is -0.362. The van der Waals surface area contributed by atoms with Crippen LogP contribution in [0.5, 0.6) is 0 Å². The van der Waals surface area contributed by atoms with Crippen molar-refractivity contribution in [1.29, 1.82) is 0 Å². The molecule has 1 aliphatic heterocycles. The Morgan fingerprint density at radius 1 is 1.09 bits per heavy atom. The van der Waals surface area contributed by atoms with Gasteiger partial charge >= 0.3 is 6.18 Å². The number of halogens is 3. The molecule has 0 aromatic heterocycles. The number of rotatable bonds is 7. The van der Waals surface area contributed by atoms with Crippen LogP contribution in [0.1, 0.15) is 59.3 Å². The summed E-state index contributed by atoms with van der Waals surface area (Å²) in [7, 11) is -3.37. The fourth-order valence-electron chi connectivity index (χ4n) is 3.15. The zero-order valence-electron chi connectivity index (χ0n) is 13.7. The van der Waals surface area contributed by atoms with Gasteiger partial charge in [-0.2, -0.15) is 13.2 Å². The average molecular weight is 343 g/mol. The molecule has 0 N–H and O–H groups in total. The Labute approximate surface area is 132 Å². The summed E-state index contributed by atoms with van der Waals surface area (Å²) in [5, 5.41) is 0. The average Bonchev–Trinajstić information content (AvgIpc) is 2.74. The highest BCUT2D eigenvalue weighted by atomic mass is 32.2. The summed E-state index contributed by atoms with van der Waals surface area (Å²) in [6.45, 7) is 7.49. The second-order valence-electron chi connectivity index (χ2n) is 7.17. The largest absolute Gasteiger partial charge is 0.389 e. The van der Waals surface area contributed by atoms with Gasteiger partial charge in [0.2, 0.25) is 0 Å². The quantitative estimate of drug-likeness (QED) is 0.706. The Morgan fingerprint density at radius 2 is 1.68 bits per heavy atom. The molecular weight excluding hydrogens is 315 g/mol. The molecule has 0 spiro atoms. The van der Waals surface area contributed by atoms with E-state index in [1.807, 2.05) is 0 Å². The minimum Gasteiger partial charge on any atom is -0.296 e. The van der Waals surface area contributed by atoms with Crippen LogP contribution in [-0.4, -0.2) is 49.1 Å². The summed E-state index contributed by atoms with van der Waals surface area (Å²) < 4.78 is 59.7. The van der Waals surface area contributed by atoms with Gasteiger partial charge in [0, 0.05) is 18.0 Å². The van der Waals surface area contributed by atoms with Crippen LogP contribution in [0.15, 0.2) is 0 Å². The van der Waals surface area contributed by atoms with Gasteiger partial charge in [0.1, 0.15) is 9.84 Å². The maximum absolute atomic E-state index is 12.0. The van der Waals surface area contributed by atoms with Crippen LogP contribution in [0.3, 0.4) is 0 Å². The summed E-state index contributed by atoms with van der Waals surface area (Å²) in [4.78, 5) is 2.41. The molecule has 1 heterocycles. The van der Waals surface area contributed by atoms with E-state index in [4.69, 9.17) is 0 Å². The van der Waals surface area contributed by atoms with Crippen molar-refractivity contribution in [3.05, 3.63) is 0 Å². The first-order valence-corrected chi connectivity index (χ1v) is 9.77. The van der Waals surface area contributed by atoms with E-state index >= 15 is 0 Å². The number of alkyl halides is 3. The molecule has 3 nitrogen and oxygen atoms in total. The second kappa shape index (κ2) is 7.51. The standard InChI is InChI=1S/C15H28F3NO2S/c1-14(2,3)19-10-4-7-13(19)8-5-11-22(20,21)12-6-9-15(16,17)18/h13H,4-12H2,1-3H3/t13-/m0/s1. The molecule has 22 heavy (non-hydrogen) atoms. The maximum Gasteiger partial charge on any atom is 0.389 e. The SMILES string of the molecule is CC(C)(C)N1CCC[C@H]1CCCS(=O)(=O)CCCC(F)(F)F. The normalized spacial score (nSPS) is 21.5. The summed E-state index contributed by atoms with van der Waals surface area (Å²) in [6.07, 6.45) is -2.09. The summed E-state index contributed by atoms with van der Waals surface area (Å²) in [6, 6.07) is 0.394. The van der Waals surface area contributed by atoms with E-state index in [1.54, 1.807) is 0 Å². The molecule has 0 saturated carbocycles. The topological polar surface area (TPSA) is 37.4 Å². The molecule has 0 unspecified atom stereocenters. The molecule has 1 aliphatic rings. The molecule has 0 aliphatic carbocycles. The third-order valence-corrected chi connectivity index (χ3v) is 5.97. The highest BCUT2D eigenvalue weighted by Crippen LogP contribution is 2.29. The van der Waals surface area contributed by atoms with Crippen LogP contribution >= 0.6 is 0 Å². The lowest BCUT2D eigenvalue weighted by atomic mass is 10.0. The number of sulfone groups is 1. The Balaban J connectivity index is 2.33. The van der Waals surface area contributed by atoms with Gasteiger partial charge in [-0.25, -0.2) is 8.42 Å². The molecule has 0 aromatic carbocycles. The molecule has 0 bridgehead atoms. The first kappa shape index (κ1) is 19.7. The third kappa shape index (κ3) is 7.31. The summed E-state index contributed by atoms with van der Waals surface area (Å²) in [5.41, 5.74) is 0.0761. The Hall–Kier alpha value is -0.300. The molecule has 1 atom stereocenters. The van der Waals surface area contributed by atoms with Gasteiger partial charge in [-0.1, -0.05) is 0 Å². The molecule has 1 saturated heterocycles. The zero-order chi connectivity index (χ0) is 17.0. The van der Waals surface area contributed by atoms with E-state index in [0.29, 0.717) is 12.5 Å². The van der Waals surface area contributed by atoms with E-state index in [-0.39, 0.29) is 23.5 Å². The lowest BCUT2D eigenvalue weighted by Crippen LogP contribution is -2.44. The fraction of sp³-hybridized carbons (Fsp3) is 1.00. The van der Waals surface area contributed by atoms with Gasteiger partial charge in [0.15, 0.2) is 0 Å². The van der Waals surface area contributed by atoms with Gasteiger partial charge < -0.3 is 0 Å². The van der Waals surface area contributed by atoms with Crippen LogP contribution < -0.4 is 0 Å². The highest BCUT2D eigenvalue weighted by Gasteiger charge is 2.32. The van der Waals surface area contributed by atoms with Gasteiger partial charge in [0.25, 0.3) is 0 Å². The van der Waals surface area contributed by atoms with Crippen molar-refractivity contribution in [2.75, 3.05) is 18.1 Å². The molecule has 0 amide bonds. The smallest absolute Gasteiger partial charge is 0.296 e. The molecule has 1 rings (SSSR count). The van der Waals surface area contributed by atoms with Crippen LogP contribution in [0.4, 0.5) is 13.2 Å². The Kier molecular flexibility index (Phi) is 6.74. The van der Waals surface area contributed by atoms with Gasteiger partial charge in [-0.15, -0.1) is 0 Å². The lowest BCUT2D eigenvalue weighted by Gasteiger charge is -2.37. The van der Waals surface area contributed by atoms with E-state index in [0.717, 1.165) is 25.8 Å². The van der Waals surface area contributed by atoms with Crippen molar-refractivity contribution in [1.82, 2.24) is 4.90 Å². The first-order chi connectivity index (χ1) is 9.91. The van der Waals surface area contributed by atoms with Crippen molar-refractivity contribution in [3.8, 4) is 0 Å². The minimum absolute atomic E-state index is 0.000655. The monoisotopic (exact) mass is 343 g/mol. The molecule has 1 fully saturated rings. The number of hydrogen-bond acceptors (Lipinski definition) is 3. The zero-order valence-corrected chi connectivity index (χ0v) is 14.6. The van der Waals surface area contributed by atoms with Crippen molar-refractivity contribution >= 4 is 9.84 Å². The van der Waals surface area contributed by atoms with Gasteiger partial charge in [-0.3, -0.25) is 4.90 Å². The highest BCUT2D eigenvalue weighted by molar-refractivity contribution is 7.91. The maximum atomic E-state index is 12.0. The Bertz CT molecular complexity index is 441. The third-order valence-electron chi connectivity index (χ3n) is 4.15. The molecule has 0 radical (unpaired) electrons. The van der Waals surface area contributed by atoms with Crippen LogP contribution in [-0.2, 0) is 9.84 Å². The molecule has 7 heteroatoms. The van der Waals surface area contributed by atoms with Crippen LogP contribution in [0.25, 0.3) is 0 Å². The molecule has 0 aromatic rings. The van der Waals surface area contributed by atoms with E-state index in [2.05, 4.69) is 25.7 Å². The van der Waals surface area contributed by atoms with Gasteiger partial charge in [-0.05, 0) is 59.4 Å². The minimum atomic E-state index is -4.27. The number of hydrogen-bond donors (Lipinski definition) is 0. The Morgan fingerprint density at radius 3 is 2.23 bits per heavy atom. The molecular formula is C15H28F3NO2S. The van der Waals surface area contributed by atoms with Crippen LogP contribution in [0, 0.1) is 0 Å². The lowest BCUT2D eigenvalue weighted by molar-refractivity contribution is -0.134. The molecule has 132 valence electrons. The summed E-state index contributed by atoms with van der Waals surface area (Å²) >= 11 is 0. The van der Waals surface area contributed by atoms with Crippen LogP contribution in [0.2, 0.25) is 0 Å². The van der Waals surface area contributed by atoms with Crippen molar-refractivity contribution in [3.63, 3.8) is 0 Å². The fourth-order valence-corrected chi connectivity index (χ4v) is 4.55. The predicted molar refractivity (Wildman–Crippen MR) is 82.7 cm³/mol.